The number of esters is 1. The van der Waals surface area contributed by atoms with Gasteiger partial charge in [-0.15, -0.1) is 0 Å². The van der Waals surface area contributed by atoms with E-state index in [0.29, 0.717) is 54.6 Å². The lowest BCUT2D eigenvalue weighted by Gasteiger charge is -2.39. The molecule has 0 saturated heterocycles. The maximum Gasteiger partial charge on any atom is 0.336 e. The van der Waals surface area contributed by atoms with Gasteiger partial charge in [0.15, 0.2) is 17.3 Å². The maximum absolute atomic E-state index is 13.4. The molecule has 0 saturated carbocycles. The van der Waals surface area contributed by atoms with E-state index in [-0.39, 0.29) is 17.8 Å². The minimum absolute atomic E-state index is 0.0405. The first-order chi connectivity index (χ1) is 15.7. The highest BCUT2D eigenvalue weighted by Crippen LogP contribution is 2.47. The van der Waals surface area contributed by atoms with Crippen LogP contribution < -0.4 is 14.8 Å². The molecule has 180 valence electrons. The highest BCUT2D eigenvalue weighted by molar-refractivity contribution is 6.04. The van der Waals surface area contributed by atoms with Crippen LogP contribution in [0.5, 0.6) is 11.5 Å². The highest BCUT2D eigenvalue weighted by Gasteiger charge is 2.43. The normalized spacial score (nSPS) is 19.7. The Bertz CT molecular complexity index is 975. The number of hydrogen-bond acceptors (Lipinski definition) is 7. The van der Waals surface area contributed by atoms with Gasteiger partial charge in [-0.3, -0.25) is 4.79 Å². The van der Waals surface area contributed by atoms with Crippen molar-refractivity contribution in [2.45, 2.75) is 53.4 Å². The van der Waals surface area contributed by atoms with Crippen LogP contribution in [0, 0.1) is 5.41 Å². The maximum atomic E-state index is 13.4. The summed E-state index contributed by atoms with van der Waals surface area (Å²) in [5, 5.41) is 3.35. The van der Waals surface area contributed by atoms with E-state index in [0.717, 1.165) is 17.7 Å². The summed E-state index contributed by atoms with van der Waals surface area (Å²) in [5.41, 5.74) is 3.26. The minimum atomic E-state index is -0.547. The standard InChI is InChI=1S/C26H35NO6/c1-7-31-11-12-33-25(29)22-16(3)27-18-14-26(4,5)15-19(28)24(18)23(22)17-9-10-20(32-8-2)21(13-17)30-6/h9-10,13,23,27H,7-8,11-12,14-15H2,1-6H3/t23-/m1/s1. The molecule has 1 N–H and O–H groups in total. The zero-order chi connectivity index (χ0) is 24.2. The van der Waals surface area contributed by atoms with Gasteiger partial charge in [-0.1, -0.05) is 19.9 Å². The van der Waals surface area contributed by atoms with Gasteiger partial charge in [0, 0.05) is 35.9 Å². The molecule has 0 bridgehead atoms. The average Bonchev–Trinajstić information content (AvgIpc) is 2.75. The number of dihydropyridines is 1. The Morgan fingerprint density at radius 3 is 2.55 bits per heavy atom. The monoisotopic (exact) mass is 457 g/mol. The fraction of sp³-hybridized carbons (Fsp3) is 0.538. The fourth-order valence-corrected chi connectivity index (χ4v) is 4.59. The summed E-state index contributed by atoms with van der Waals surface area (Å²) in [6.07, 6.45) is 1.15. The summed E-state index contributed by atoms with van der Waals surface area (Å²) in [6.45, 7) is 11.3. The van der Waals surface area contributed by atoms with E-state index in [1.807, 2.05) is 39.0 Å². The van der Waals surface area contributed by atoms with Gasteiger partial charge in [0.25, 0.3) is 0 Å². The zero-order valence-corrected chi connectivity index (χ0v) is 20.5. The molecule has 1 aromatic rings. The lowest BCUT2D eigenvalue weighted by molar-refractivity contribution is -0.140. The van der Waals surface area contributed by atoms with E-state index in [9.17, 15) is 9.59 Å². The molecule has 33 heavy (non-hydrogen) atoms. The van der Waals surface area contributed by atoms with Crippen molar-refractivity contribution in [3.8, 4) is 11.5 Å². The fourth-order valence-electron chi connectivity index (χ4n) is 4.59. The Morgan fingerprint density at radius 1 is 1.12 bits per heavy atom. The molecule has 1 heterocycles. The van der Waals surface area contributed by atoms with Crippen molar-refractivity contribution in [1.82, 2.24) is 5.32 Å². The number of Topliss-reactive ketones (excluding diaryl/α,β-unsaturated/α-hetero) is 1. The Balaban J connectivity index is 2.08. The largest absolute Gasteiger partial charge is 0.493 e. The van der Waals surface area contributed by atoms with Crippen LogP contribution in [0.1, 0.15) is 58.9 Å². The second kappa shape index (κ2) is 10.4. The van der Waals surface area contributed by atoms with Crippen LogP contribution >= 0.6 is 0 Å². The molecule has 1 atom stereocenters. The van der Waals surface area contributed by atoms with Crippen LogP contribution in [-0.4, -0.2) is 45.3 Å². The Labute approximate surface area is 196 Å². The van der Waals surface area contributed by atoms with E-state index < -0.39 is 11.9 Å². The Kier molecular flexibility index (Phi) is 7.84. The zero-order valence-electron chi connectivity index (χ0n) is 20.5. The van der Waals surface area contributed by atoms with Gasteiger partial charge < -0.3 is 24.3 Å². The molecule has 7 nitrogen and oxygen atoms in total. The Morgan fingerprint density at radius 2 is 1.88 bits per heavy atom. The van der Waals surface area contributed by atoms with E-state index in [1.54, 1.807) is 7.11 Å². The molecule has 0 aromatic heterocycles. The molecule has 0 amide bonds. The van der Waals surface area contributed by atoms with E-state index in [1.165, 1.54) is 0 Å². The third-order valence-electron chi connectivity index (χ3n) is 5.95. The van der Waals surface area contributed by atoms with Crippen LogP contribution in [0.4, 0.5) is 0 Å². The lowest BCUT2D eigenvalue weighted by Crippen LogP contribution is -2.38. The van der Waals surface area contributed by atoms with Gasteiger partial charge in [-0.05, 0) is 50.3 Å². The van der Waals surface area contributed by atoms with Gasteiger partial charge in [0.2, 0.25) is 0 Å². The average molecular weight is 458 g/mol. The number of carbonyl (C=O) groups is 2. The van der Waals surface area contributed by atoms with Crippen molar-refractivity contribution in [1.29, 1.82) is 0 Å². The van der Waals surface area contributed by atoms with E-state index >= 15 is 0 Å². The molecule has 7 heteroatoms. The van der Waals surface area contributed by atoms with Crippen LogP contribution in [0.2, 0.25) is 0 Å². The molecule has 2 aliphatic rings. The summed E-state index contributed by atoms with van der Waals surface area (Å²) in [6, 6.07) is 5.56. The van der Waals surface area contributed by atoms with Crippen molar-refractivity contribution >= 4 is 11.8 Å². The molecular weight excluding hydrogens is 422 g/mol. The number of methoxy groups -OCH3 is 1. The van der Waals surface area contributed by atoms with Crippen molar-refractivity contribution in [2.24, 2.45) is 5.41 Å². The third-order valence-corrected chi connectivity index (χ3v) is 5.95. The first-order valence-electron chi connectivity index (χ1n) is 11.5. The van der Waals surface area contributed by atoms with Gasteiger partial charge in [-0.25, -0.2) is 4.79 Å². The molecule has 0 fully saturated rings. The number of carbonyl (C=O) groups excluding carboxylic acids is 2. The van der Waals surface area contributed by atoms with Gasteiger partial charge in [0.1, 0.15) is 6.61 Å². The smallest absolute Gasteiger partial charge is 0.336 e. The first kappa shape index (κ1) is 24.8. The molecule has 1 aliphatic heterocycles. The summed E-state index contributed by atoms with van der Waals surface area (Å²) in [5.74, 6) is 0.208. The second-order valence-electron chi connectivity index (χ2n) is 9.11. The first-order valence-corrected chi connectivity index (χ1v) is 11.5. The van der Waals surface area contributed by atoms with Crippen LogP contribution in [-0.2, 0) is 19.1 Å². The number of nitrogens with one attached hydrogen (secondary N) is 1. The molecule has 1 aliphatic carbocycles. The van der Waals surface area contributed by atoms with Gasteiger partial charge in [0.05, 0.1) is 25.9 Å². The summed E-state index contributed by atoms with van der Waals surface area (Å²) >= 11 is 0. The van der Waals surface area contributed by atoms with E-state index in [4.69, 9.17) is 18.9 Å². The summed E-state index contributed by atoms with van der Waals surface area (Å²) in [4.78, 5) is 26.6. The number of allylic oxidation sites excluding steroid dienone is 3. The molecule has 3 rings (SSSR count). The van der Waals surface area contributed by atoms with Crippen molar-refractivity contribution in [3.05, 3.63) is 46.3 Å². The molecule has 0 spiro atoms. The molecule has 0 radical (unpaired) electrons. The second-order valence-corrected chi connectivity index (χ2v) is 9.11. The van der Waals surface area contributed by atoms with Crippen LogP contribution in [0.3, 0.4) is 0 Å². The topological polar surface area (TPSA) is 83.1 Å². The Hall–Kier alpha value is -2.80. The third kappa shape index (κ3) is 5.41. The lowest BCUT2D eigenvalue weighted by atomic mass is 9.68. The number of ketones is 1. The van der Waals surface area contributed by atoms with Crippen molar-refractivity contribution in [2.75, 3.05) is 33.5 Å². The SMILES string of the molecule is CCOCCOC(=O)C1=C(C)NC2=C(C(=O)CC(C)(C)C2)[C@@H]1c1ccc(OCC)c(OC)c1. The van der Waals surface area contributed by atoms with Crippen molar-refractivity contribution < 1.29 is 28.5 Å². The van der Waals surface area contributed by atoms with Crippen LogP contribution in [0.25, 0.3) is 0 Å². The van der Waals surface area contributed by atoms with Gasteiger partial charge in [-0.2, -0.15) is 0 Å². The predicted molar refractivity (Wildman–Crippen MR) is 125 cm³/mol. The number of ether oxygens (including phenoxy) is 4. The van der Waals surface area contributed by atoms with E-state index in [2.05, 4.69) is 19.2 Å². The quantitative estimate of drug-likeness (QED) is 0.438. The number of benzene rings is 1. The minimum Gasteiger partial charge on any atom is -0.493 e. The molecule has 1 aromatic carbocycles. The predicted octanol–water partition coefficient (Wildman–Crippen LogP) is 4.28. The number of hydrogen-bond donors (Lipinski definition) is 1. The summed E-state index contributed by atoms with van der Waals surface area (Å²) < 4.78 is 22.0. The number of rotatable bonds is 9. The molecule has 0 unspecified atom stereocenters. The molecular formula is C26H35NO6. The van der Waals surface area contributed by atoms with Crippen molar-refractivity contribution in [3.63, 3.8) is 0 Å². The van der Waals surface area contributed by atoms with Crippen LogP contribution in [0.15, 0.2) is 40.7 Å². The van der Waals surface area contributed by atoms with Gasteiger partial charge >= 0.3 is 5.97 Å². The highest BCUT2D eigenvalue weighted by atomic mass is 16.6. The summed E-state index contributed by atoms with van der Waals surface area (Å²) in [7, 11) is 1.58.